The maximum absolute atomic E-state index is 12.1. The van der Waals surface area contributed by atoms with Crippen molar-refractivity contribution in [3.8, 4) is 0 Å². The fraction of sp³-hybridized carbons (Fsp3) is 0.143. The summed E-state index contributed by atoms with van der Waals surface area (Å²) in [5.74, 6) is -1.34. The quantitative estimate of drug-likeness (QED) is 0.626. The van der Waals surface area contributed by atoms with Gasteiger partial charge in [-0.2, -0.15) is 13.2 Å². The van der Waals surface area contributed by atoms with E-state index in [9.17, 15) is 18.0 Å². The van der Waals surface area contributed by atoms with E-state index < -0.39 is 17.7 Å². The average Bonchev–Trinajstić information content (AvgIpc) is 2.01. The standard InChI is InChI=1S/C7H3F3INO2.Na.H/c8-7(9,10)3-1-4(11)5(6(13)14)12-2-3;;/h1-2H,(H,13,14);;. The summed E-state index contributed by atoms with van der Waals surface area (Å²) in [6, 6.07) is 0.747. The van der Waals surface area contributed by atoms with Gasteiger partial charge < -0.3 is 5.11 Å². The van der Waals surface area contributed by atoms with Gasteiger partial charge in [0.15, 0.2) is 5.69 Å². The Kier molecular flexibility index (Phi) is 5.51. The Morgan fingerprint density at radius 1 is 1.47 bits per heavy atom. The van der Waals surface area contributed by atoms with Crippen LogP contribution in [0, 0.1) is 3.57 Å². The second kappa shape index (κ2) is 5.46. The van der Waals surface area contributed by atoms with E-state index in [1.165, 1.54) is 22.6 Å². The predicted molar refractivity (Wildman–Crippen MR) is 56.1 cm³/mol. The Hall–Kier alpha value is 0.140. The molecule has 0 atom stereocenters. The number of carboxylic acid groups (broad SMARTS) is 1. The van der Waals surface area contributed by atoms with Crippen LogP contribution in [0.15, 0.2) is 12.3 Å². The normalized spacial score (nSPS) is 10.7. The number of carbonyl (C=O) groups is 1. The molecule has 0 saturated heterocycles. The summed E-state index contributed by atoms with van der Waals surface area (Å²) in [7, 11) is 0. The second-order valence-electron chi connectivity index (χ2n) is 2.36. The van der Waals surface area contributed by atoms with Crippen LogP contribution in [0.5, 0.6) is 0 Å². The summed E-state index contributed by atoms with van der Waals surface area (Å²) in [6.45, 7) is 0. The van der Waals surface area contributed by atoms with Crippen molar-refractivity contribution in [2.75, 3.05) is 0 Å². The molecule has 8 heteroatoms. The van der Waals surface area contributed by atoms with E-state index in [1.54, 1.807) is 0 Å². The van der Waals surface area contributed by atoms with Crippen molar-refractivity contribution < 1.29 is 23.1 Å². The molecule has 1 aromatic rings. The van der Waals surface area contributed by atoms with Crippen LogP contribution in [0.2, 0.25) is 0 Å². The van der Waals surface area contributed by atoms with E-state index >= 15 is 0 Å². The van der Waals surface area contributed by atoms with Crippen LogP contribution in [0.3, 0.4) is 0 Å². The molecule has 78 valence electrons. The van der Waals surface area contributed by atoms with Crippen LogP contribution in [0.4, 0.5) is 13.2 Å². The fourth-order valence-corrected chi connectivity index (χ4v) is 1.46. The van der Waals surface area contributed by atoms with E-state index in [1.807, 2.05) is 0 Å². The molecule has 0 unspecified atom stereocenters. The van der Waals surface area contributed by atoms with Gasteiger partial charge >= 0.3 is 41.7 Å². The first kappa shape index (κ1) is 15.1. The number of nitrogens with zero attached hydrogens (tertiary/aromatic N) is 1. The molecular formula is C7H4F3INNaO2. The third-order valence-electron chi connectivity index (χ3n) is 1.37. The van der Waals surface area contributed by atoms with Gasteiger partial charge in [-0.15, -0.1) is 0 Å². The number of pyridine rings is 1. The Labute approximate surface area is 119 Å². The molecule has 3 nitrogen and oxygen atoms in total. The predicted octanol–water partition coefficient (Wildman–Crippen LogP) is 1.75. The van der Waals surface area contributed by atoms with Crippen molar-refractivity contribution in [1.82, 2.24) is 4.98 Å². The summed E-state index contributed by atoms with van der Waals surface area (Å²) in [6.07, 6.45) is -3.99. The van der Waals surface area contributed by atoms with E-state index in [2.05, 4.69) is 4.98 Å². The molecule has 0 spiro atoms. The van der Waals surface area contributed by atoms with Crippen LogP contribution in [0.1, 0.15) is 16.1 Å². The zero-order valence-electron chi connectivity index (χ0n) is 6.47. The minimum atomic E-state index is -4.50. The van der Waals surface area contributed by atoms with Gasteiger partial charge in [-0.1, -0.05) is 0 Å². The topological polar surface area (TPSA) is 50.2 Å². The Bertz CT molecular complexity index is 383. The second-order valence-corrected chi connectivity index (χ2v) is 3.52. The Morgan fingerprint density at radius 2 is 2.00 bits per heavy atom. The van der Waals surface area contributed by atoms with Gasteiger partial charge in [0.1, 0.15) is 0 Å². The van der Waals surface area contributed by atoms with Crippen LogP contribution >= 0.6 is 22.6 Å². The van der Waals surface area contributed by atoms with Crippen molar-refractivity contribution >= 4 is 58.1 Å². The molecule has 15 heavy (non-hydrogen) atoms. The molecule has 0 fully saturated rings. The molecule has 0 aliphatic heterocycles. The first-order valence-corrected chi connectivity index (χ1v) is 4.36. The molecular weight excluding hydrogens is 337 g/mol. The van der Waals surface area contributed by atoms with Crippen molar-refractivity contribution in [2.45, 2.75) is 6.18 Å². The van der Waals surface area contributed by atoms with Gasteiger partial charge in [-0.3, -0.25) is 0 Å². The molecule has 0 saturated carbocycles. The Balaban J connectivity index is 0.00000196. The molecule has 0 aliphatic carbocycles. The summed E-state index contributed by atoms with van der Waals surface area (Å²) < 4.78 is 36.3. The number of aromatic carboxylic acids is 1. The minimum absolute atomic E-state index is 0. The van der Waals surface area contributed by atoms with Crippen LogP contribution < -0.4 is 0 Å². The molecule has 1 heterocycles. The van der Waals surface area contributed by atoms with Crippen LogP contribution in [-0.4, -0.2) is 45.6 Å². The van der Waals surface area contributed by atoms with Crippen LogP contribution in [0.25, 0.3) is 0 Å². The number of carboxylic acids is 1. The third-order valence-corrected chi connectivity index (χ3v) is 2.19. The number of hydrogen-bond donors (Lipinski definition) is 1. The van der Waals surface area contributed by atoms with E-state index in [-0.39, 0.29) is 38.8 Å². The number of aromatic nitrogens is 1. The fourth-order valence-electron chi connectivity index (χ4n) is 0.750. The van der Waals surface area contributed by atoms with Crippen molar-refractivity contribution in [3.05, 3.63) is 27.1 Å². The molecule has 0 bridgehead atoms. The Morgan fingerprint density at radius 3 is 2.33 bits per heavy atom. The number of alkyl halides is 3. The zero-order chi connectivity index (χ0) is 10.9. The summed E-state index contributed by atoms with van der Waals surface area (Å²) in [5.41, 5.74) is -1.33. The molecule has 1 aromatic heterocycles. The van der Waals surface area contributed by atoms with Gasteiger partial charge in [0.25, 0.3) is 0 Å². The molecule has 0 radical (unpaired) electrons. The van der Waals surface area contributed by atoms with Crippen LogP contribution in [-0.2, 0) is 6.18 Å². The number of halogens is 4. The number of rotatable bonds is 1. The summed E-state index contributed by atoms with van der Waals surface area (Å²) in [4.78, 5) is 13.7. The average molecular weight is 341 g/mol. The molecule has 0 aromatic carbocycles. The first-order valence-electron chi connectivity index (χ1n) is 3.28. The van der Waals surface area contributed by atoms with E-state index in [0.717, 1.165) is 6.07 Å². The van der Waals surface area contributed by atoms with Crippen molar-refractivity contribution in [2.24, 2.45) is 0 Å². The third kappa shape index (κ3) is 3.89. The van der Waals surface area contributed by atoms with Crippen molar-refractivity contribution in [1.29, 1.82) is 0 Å². The maximum atomic E-state index is 12.1. The summed E-state index contributed by atoms with van der Waals surface area (Å²) in [5, 5.41) is 8.51. The van der Waals surface area contributed by atoms with Gasteiger partial charge in [-0.05, 0) is 28.7 Å². The van der Waals surface area contributed by atoms with E-state index in [0.29, 0.717) is 6.20 Å². The molecule has 0 aliphatic rings. The monoisotopic (exact) mass is 341 g/mol. The van der Waals surface area contributed by atoms with Gasteiger partial charge in [-0.25, -0.2) is 9.78 Å². The van der Waals surface area contributed by atoms with Crippen molar-refractivity contribution in [3.63, 3.8) is 0 Å². The van der Waals surface area contributed by atoms with Gasteiger partial charge in [0.05, 0.1) is 5.56 Å². The van der Waals surface area contributed by atoms with Gasteiger partial charge in [0.2, 0.25) is 0 Å². The van der Waals surface area contributed by atoms with E-state index in [4.69, 9.17) is 5.11 Å². The van der Waals surface area contributed by atoms with Gasteiger partial charge in [0, 0.05) is 9.77 Å². The SMILES string of the molecule is O=C(O)c1ncc(C(F)(F)F)cc1I.[NaH]. The number of hydrogen-bond acceptors (Lipinski definition) is 2. The first-order chi connectivity index (χ1) is 6.32. The molecule has 1 N–H and O–H groups in total. The summed E-state index contributed by atoms with van der Waals surface area (Å²) >= 11 is 1.50. The molecule has 0 amide bonds. The zero-order valence-corrected chi connectivity index (χ0v) is 8.63. The molecule has 1 rings (SSSR count).